The van der Waals surface area contributed by atoms with E-state index in [1.54, 1.807) is 7.11 Å². The summed E-state index contributed by atoms with van der Waals surface area (Å²) >= 11 is 0. The molecule has 2 aliphatic rings. The molecule has 2 rings (SSSR count). The Kier molecular flexibility index (Phi) is 5.38. The van der Waals surface area contributed by atoms with Crippen molar-refractivity contribution in [3.8, 4) is 0 Å². The van der Waals surface area contributed by atoms with Crippen molar-refractivity contribution in [1.29, 1.82) is 0 Å². The summed E-state index contributed by atoms with van der Waals surface area (Å²) in [6.07, 6.45) is 4.69. The van der Waals surface area contributed by atoms with Gasteiger partial charge in [-0.3, -0.25) is 0 Å². The van der Waals surface area contributed by atoms with E-state index >= 15 is 0 Å². The normalized spacial score (nSPS) is 32.5. The average Bonchev–Trinajstić information content (AvgIpc) is 3.01. The molecule has 1 saturated carbocycles. The van der Waals surface area contributed by atoms with Gasteiger partial charge in [0.05, 0.1) is 6.10 Å². The van der Waals surface area contributed by atoms with Crippen LogP contribution in [0.1, 0.15) is 53.4 Å². The van der Waals surface area contributed by atoms with Crippen LogP contribution >= 0.6 is 0 Å². The van der Waals surface area contributed by atoms with Gasteiger partial charge < -0.3 is 19.7 Å². The van der Waals surface area contributed by atoms with Crippen LogP contribution in [0.15, 0.2) is 0 Å². The van der Waals surface area contributed by atoms with E-state index in [0.29, 0.717) is 12.1 Å². The molecular weight excluding hydrogens is 280 g/mol. The molecule has 0 spiro atoms. The molecule has 1 aliphatic carbocycles. The monoisotopic (exact) mass is 312 g/mol. The van der Waals surface area contributed by atoms with Gasteiger partial charge in [-0.2, -0.15) is 0 Å². The Bertz CT molecular complexity index is 394. The van der Waals surface area contributed by atoms with E-state index in [9.17, 15) is 4.79 Å². The van der Waals surface area contributed by atoms with E-state index in [1.807, 2.05) is 25.7 Å². The van der Waals surface area contributed by atoms with Gasteiger partial charge in [0.1, 0.15) is 5.60 Å². The van der Waals surface area contributed by atoms with Crippen molar-refractivity contribution in [3.63, 3.8) is 0 Å². The first kappa shape index (κ1) is 17.5. The molecule has 0 aromatic carbocycles. The number of hydrogen-bond donors (Lipinski definition) is 1. The van der Waals surface area contributed by atoms with E-state index in [0.717, 1.165) is 38.9 Å². The maximum Gasteiger partial charge on any atom is 0.410 e. The molecule has 1 aliphatic heterocycles. The van der Waals surface area contributed by atoms with Crippen LogP contribution < -0.4 is 5.32 Å². The van der Waals surface area contributed by atoms with Crippen LogP contribution in [0, 0.1) is 5.41 Å². The van der Waals surface area contributed by atoms with Crippen molar-refractivity contribution < 1.29 is 14.3 Å². The Hall–Kier alpha value is -0.810. The van der Waals surface area contributed by atoms with Crippen molar-refractivity contribution in [2.75, 3.05) is 26.7 Å². The second-order valence-electron chi connectivity index (χ2n) is 8.21. The number of amides is 1. The van der Waals surface area contributed by atoms with Gasteiger partial charge in [-0.05, 0) is 51.9 Å². The zero-order chi connectivity index (χ0) is 16.4. The molecule has 1 saturated heterocycles. The zero-order valence-corrected chi connectivity index (χ0v) is 14.8. The molecule has 0 bridgehead atoms. The third kappa shape index (κ3) is 4.85. The van der Waals surface area contributed by atoms with Crippen molar-refractivity contribution in [2.24, 2.45) is 5.41 Å². The minimum atomic E-state index is -0.423. The Morgan fingerprint density at radius 1 is 1.36 bits per heavy atom. The van der Waals surface area contributed by atoms with Gasteiger partial charge in [0.15, 0.2) is 0 Å². The second kappa shape index (κ2) is 6.75. The Morgan fingerprint density at radius 3 is 2.68 bits per heavy atom. The lowest BCUT2D eigenvalue weighted by Gasteiger charge is -2.28. The average molecular weight is 312 g/mol. The summed E-state index contributed by atoms with van der Waals surface area (Å²) in [5.74, 6) is 0. The predicted molar refractivity (Wildman–Crippen MR) is 87.0 cm³/mol. The van der Waals surface area contributed by atoms with Gasteiger partial charge in [0, 0.05) is 32.8 Å². The SMILES string of the molecule is CO[C@@H]1CC[C@@H](NC[C@@]2(C)CCN(C(=O)OC(C)(C)C)C2)C1. The van der Waals surface area contributed by atoms with Gasteiger partial charge in [-0.15, -0.1) is 0 Å². The minimum Gasteiger partial charge on any atom is -0.444 e. The summed E-state index contributed by atoms with van der Waals surface area (Å²) in [5, 5.41) is 3.68. The van der Waals surface area contributed by atoms with Crippen LogP contribution in [-0.4, -0.2) is 55.5 Å². The number of hydrogen-bond acceptors (Lipinski definition) is 4. The smallest absolute Gasteiger partial charge is 0.410 e. The summed E-state index contributed by atoms with van der Waals surface area (Å²) in [7, 11) is 1.80. The van der Waals surface area contributed by atoms with Crippen molar-refractivity contribution in [2.45, 2.75) is 71.1 Å². The molecule has 0 aromatic rings. The topological polar surface area (TPSA) is 50.8 Å². The van der Waals surface area contributed by atoms with Crippen molar-refractivity contribution in [3.05, 3.63) is 0 Å². The first-order chi connectivity index (χ1) is 10.2. The summed E-state index contributed by atoms with van der Waals surface area (Å²) < 4.78 is 10.9. The molecule has 5 heteroatoms. The quantitative estimate of drug-likeness (QED) is 0.867. The number of ether oxygens (including phenoxy) is 2. The highest BCUT2D eigenvalue weighted by Crippen LogP contribution is 2.31. The van der Waals surface area contributed by atoms with E-state index in [-0.39, 0.29) is 11.5 Å². The first-order valence-corrected chi connectivity index (χ1v) is 8.45. The second-order valence-corrected chi connectivity index (χ2v) is 8.21. The van der Waals surface area contributed by atoms with Crippen LogP contribution in [0.2, 0.25) is 0 Å². The third-order valence-electron chi connectivity index (χ3n) is 4.74. The molecule has 0 aromatic heterocycles. The van der Waals surface area contributed by atoms with E-state index < -0.39 is 5.60 Å². The maximum atomic E-state index is 12.2. The molecule has 0 unspecified atom stereocenters. The lowest BCUT2D eigenvalue weighted by Crippen LogP contribution is -2.41. The molecule has 1 N–H and O–H groups in total. The highest BCUT2D eigenvalue weighted by molar-refractivity contribution is 5.68. The number of carbonyl (C=O) groups excluding carboxylic acids is 1. The Labute approximate surface area is 134 Å². The molecule has 2 fully saturated rings. The molecule has 3 atom stereocenters. The van der Waals surface area contributed by atoms with Crippen LogP contribution in [0.5, 0.6) is 0 Å². The lowest BCUT2D eigenvalue weighted by atomic mass is 9.89. The van der Waals surface area contributed by atoms with Gasteiger partial charge in [0.25, 0.3) is 0 Å². The largest absolute Gasteiger partial charge is 0.444 e. The summed E-state index contributed by atoms with van der Waals surface area (Å²) in [5.41, 5.74) is -0.282. The fraction of sp³-hybridized carbons (Fsp3) is 0.941. The molecule has 1 heterocycles. The molecule has 1 amide bonds. The fourth-order valence-corrected chi connectivity index (χ4v) is 3.38. The molecule has 0 radical (unpaired) electrons. The third-order valence-corrected chi connectivity index (χ3v) is 4.74. The summed E-state index contributed by atoms with van der Waals surface area (Å²) in [6, 6.07) is 0.553. The highest BCUT2D eigenvalue weighted by Gasteiger charge is 2.38. The maximum absolute atomic E-state index is 12.2. The van der Waals surface area contributed by atoms with Gasteiger partial charge in [-0.25, -0.2) is 4.79 Å². The van der Waals surface area contributed by atoms with Crippen LogP contribution in [-0.2, 0) is 9.47 Å². The van der Waals surface area contributed by atoms with E-state index in [2.05, 4.69) is 12.2 Å². The lowest BCUT2D eigenvalue weighted by molar-refractivity contribution is 0.0275. The fourth-order valence-electron chi connectivity index (χ4n) is 3.38. The van der Waals surface area contributed by atoms with Gasteiger partial charge in [-0.1, -0.05) is 6.92 Å². The van der Waals surface area contributed by atoms with E-state index in [4.69, 9.17) is 9.47 Å². The minimum absolute atomic E-state index is 0.141. The van der Waals surface area contributed by atoms with Gasteiger partial charge in [0.2, 0.25) is 0 Å². The summed E-state index contributed by atoms with van der Waals surface area (Å²) in [6.45, 7) is 10.5. The van der Waals surface area contributed by atoms with Crippen LogP contribution in [0.4, 0.5) is 4.79 Å². The number of carbonyl (C=O) groups is 1. The number of nitrogens with zero attached hydrogens (tertiary/aromatic N) is 1. The molecule has 128 valence electrons. The Balaban J connectivity index is 1.77. The summed E-state index contributed by atoms with van der Waals surface area (Å²) in [4.78, 5) is 14.0. The van der Waals surface area contributed by atoms with E-state index in [1.165, 1.54) is 6.42 Å². The number of rotatable bonds is 4. The van der Waals surface area contributed by atoms with Gasteiger partial charge >= 0.3 is 6.09 Å². The van der Waals surface area contributed by atoms with Crippen molar-refractivity contribution in [1.82, 2.24) is 10.2 Å². The molecule has 22 heavy (non-hydrogen) atoms. The number of methoxy groups -OCH3 is 1. The predicted octanol–water partition coefficient (Wildman–Crippen LogP) is 2.79. The number of nitrogens with one attached hydrogen (secondary N) is 1. The Morgan fingerprint density at radius 2 is 2.09 bits per heavy atom. The van der Waals surface area contributed by atoms with Crippen LogP contribution in [0.3, 0.4) is 0 Å². The number of likely N-dealkylation sites (tertiary alicyclic amines) is 1. The first-order valence-electron chi connectivity index (χ1n) is 8.45. The highest BCUT2D eigenvalue weighted by atomic mass is 16.6. The van der Waals surface area contributed by atoms with Crippen molar-refractivity contribution >= 4 is 6.09 Å². The molecular formula is C17H32N2O3. The standard InChI is InChI=1S/C17H32N2O3/c1-16(2,3)22-15(20)19-9-8-17(4,12-19)11-18-13-6-7-14(10-13)21-5/h13-14,18H,6-12H2,1-5H3/t13-,14-,17-/m1/s1. The van der Waals surface area contributed by atoms with Crippen LogP contribution in [0.25, 0.3) is 0 Å². The molecule has 5 nitrogen and oxygen atoms in total. The zero-order valence-electron chi connectivity index (χ0n) is 14.8.